The molecule has 0 amide bonds. The number of allylic oxidation sites excluding steroid dienone is 5. The molecule has 0 saturated carbocycles. The summed E-state index contributed by atoms with van der Waals surface area (Å²) in [6.45, 7) is 0. The van der Waals surface area contributed by atoms with Gasteiger partial charge in [0.25, 0.3) is 0 Å². The highest BCUT2D eigenvalue weighted by Crippen LogP contribution is 2.48. The van der Waals surface area contributed by atoms with Gasteiger partial charge in [-0.3, -0.25) is 4.57 Å². The molecular formula is C42H27N5O. The molecule has 2 aliphatic carbocycles. The summed E-state index contributed by atoms with van der Waals surface area (Å²) in [4.78, 5) is 20.2. The van der Waals surface area contributed by atoms with Crippen molar-refractivity contribution in [3.63, 3.8) is 0 Å². The Morgan fingerprint density at radius 3 is 1.94 bits per heavy atom. The third kappa shape index (κ3) is 4.12. The second-order valence-electron chi connectivity index (χ2n) is 12.3. The largest absolute Gasteiger partial charge is 0.438 e. The number of furan rings is 1. The molecule has 226 valence electrons. The summed E-state index contributed by atoms with van der Waals surface area (Å²) in [5.41, 5.74) is 8.09. The highest BCUT2D eigenvalue weighted by Gasteiger charge is 2.36. The van der Waals surface area contributed by atoms with E-state index in [0.717, 1.165) is 60.8 Å². The minimum absolute atomic E-state index is 0.0187. The summed E-state index contributed by atoms with van der Waals surface area (Å²) in [7, 11) is 0. The Kier molecular flexibility index (Phi) is 5.90. The normalized spacial score (nSPS) is 16.7. The number of aromatic nitrogens is 5. The lowest BCUT2D eigenvalue weighted by molar-refractivity contribution is 0.571. The molecule has 4 aromatic heterocycles. The molecule has 2 unspecified atom stereocenters. The summed E-state index contributed by atoms with van der Waals surface area (Å²) in [6, 6.07) is 39.8. The molecule has 4 heterocycles. The number of rotatable bonds is 4. The van der Waals surface area contributed by atoms with E-state index in [9.17, 15) is 0 Å². The summed E-state index contributed by atoms with van der Waals surface area (Å²) in [6.07, 6.45) is 12.6. The number of hydrogen-bond acceptors (Lipinski definition) is 5. The van der Waals surface area contributed by atoms with E-state index >= 15 is 0 Å². The van der Waals surface area contributed by atoms with Crippen LogP contribution in [-0.2, 0) is 0 Å². The maximum absolute atomic E-state index is 6.36. The van der Waals surface area contributed by atoms with E-state index in [1.807, 2.05) is 12.1 Å². The third-order valence-electron chi connectivity index (χ3n) is 9.56. The van der Waals surface area contributed by atoms with Crippen molar-refractivity contribution in [2.45, 2.75) is 5.92 Å². The number of nitrogens with zero attached hydrogens (tertiary/aromatic N) is 5. The SMILES string of the molecule is C1=CC2C(c3nc(-c4ccc(-c5ccccc5)cc4)nc(-n4c5ccccc5c5ccccc54)n3)=Cc3oc4ncccc4c3C2C=C1. The average Bonchev–Trinajstić information content (AvgIpc) is 3.71. The number of hydrogen-bond donors (Lipinski definition) is 0. The fraction of sp³-hybridized carbons (Fsp3) is 0.0476. The molecule has 2 atom stereocenters. The zero-order valence-electron chi connectivity index (χ0n) is 25.7. The number of pyridine rings is 1. The summed E-state index contributed by atoms with van der Waals surface area (Å²) >= 11 is 0. The van der Waals surface area contributed by atoms with Gasteiger partial charge in [0.05, 0.1) is 11.0 Å². The lowest BCUT2D eigenvalue weighted by Gasteiger charge is -2.29. The van der Waals surface area contributed by atoms with Crippen LogP contribution in [0.4, 0.5) is 0 Å². The Labute approximate surface area is 276 Å². The van der Waals surface area contributed by atoms with Crippen molar-refractivity contribution in [1.82, 2.24) is 24.5 Å². The maximum Gasteiger partial charge on any atom is 0.238 e. The fourth-order valence-electron chi connectivity index (χ4n) is 7.35. The minimum Gasteiger partial charge on any atom is -0.438 e. The van der Waals surface area contributed by atoms with Gasteiger partial charge >= 0.3 is 0 Å². The van der Waals surface area contributed by atoms with Crippen LogP contribution in [0.3, 0.4) is 0 Å². The van der Waals surface area contributed by atoms with Crippen molar-refractivity contribution in [1.29, 1.82) is 0 Å². The van der Waals surface area contributed by atoms with Crippen LogP contribution < -0.4 is 0 Å². The molecule has 0 spiro atoms. The summed E-state index contributed by atoms with van der Waals surface area (Å²) < 4.78 is 8.52. The zero-order valence-corrected chi connectivity index (χ0v) is 25.7. The quantitative estimate of drug-likeness (QED) is 0.197. The van der Waals surface area contributed by atoms with E-state index in [-0.39, 0.29) is 11.8 Å². The van der Waals surface area contributed by atoms with Crippen LogP contribution in [0.25, 0.3) is 73.0 Å². The van der Waals surface area contributed by atoms with E-state index in [2.05, 4.69) is 143 Å². The average molecular weight is 618 g/mol. The van der Waals surface area contributed by atoms with Crippen LogP contribution in [0.5, 0.6) is 0 Å². The van der Waals surface area contributed by atoms with Crippen molar-refractivity contribution in [3.8, 4) is 28.5 Å². The zero-order chi connectivity index (χ0) is 31.6. The second-order valence-corrected chi connectivity index (χ2v) is 12.3. The summed E-state index contributed by atoms with van der Waals surface area (Å²) in [5, 5.41) is 3.35. The Morgan fingerprint density at radius 1 is 0.542 bits per heavy atom. The van der Waals surface area contributed by atoms with Gasteiger partial charge in [-0.1, -0.05) is 115 Å². The number of para-hydroxylation sites is 2. The van der Waals surface area contributed by atoms with Gasteiger partial charge < -0.3 is 4.42 Å². The molecule has 2 aliphatic rings. The predicted octanol–water partition coefficient (Wildman–Crippen LogP) is 9.82. The first kappa shape index (κ1) is 26.8. The van der Waals surface area contributed by atoms with Crippen molar-refractivity contribution in [2.75, 3.05) is 0 Å². The molecule has 0 aliphatic heterocycles. The molecule has 6 heteroatoms. The molecule has 0 bridgehead atoms. The van der Waals surface area contributed by atoms with Gasteiger partial charge in [0.15, 0.2) is 11.6 Å². The molecule has 10 rings (SSSR count). The Bertz CT molecular complexity index is 2570. The van der Waals surface area contributed by atoms with Crippen LogP contribution >= 0.6 is 0 Å². The van der Waals surface area contributed by atoms with Crippen molar-refractivity contribution < 1.29 is 4.42 Å². The van der Waals surface area contributed by atoms with Crippen LogP contribution in [0.15, 0.2) is 150 Å². The topological polar surface area (TPSA) is 69.6 Å². The minimum atomic E-state index is 0.0187. The second kappa shape index (κ2) is 10.6. The van der Waals surface area contributed by atoms with Gasteiger partial charge in [0.2, 0.25) is 11.7 Å². The smallest absolute Gasteiger partial charge is 0.238 e. The summed E-state index contributed by atoms with van der Waals surface area (Å²) in [5.74, 6) is 2.69. The van der Waals surface area contributed by atoms with Gasteiger partial charge in [0, 0.05) is 50.9 Å². The number of benzene rings is 4. The van der Waals surface area contributed by atoms with Crippen molar-refractivity contribution in [3.05, 3.63) is 163 Å². The van der Waals surface area contributed by atoms with Gasteiger partial charge in [-0.05, 0) is 41.5 Å². The Balaban J connectivity index is 1.22. The van der Waals surface area contributed by atoms with Crippen LogP contribution in [0, 0.1) is 5.92 Å². The van der Waals surface area contributed by atoms with Gasteiger partial charge in [-0.15, -0.1) is 0 Å². The first-order valence-electron chi connectivity index (χ1n) is 16.1. The lowest BCUT2D eigenvalue weighted by Crippen LogP contribution is -2.19. The molecule has 0 N–H and O–H groups in total. The molecule has 0 fully saturated rings. The lowest BCUT2D eigenvalue weighted by atomic mass is 9.74. The van der Waals surface area contributed by atoms with Crippen molar-refractivity contribution in [2.24, 2.45) is 5.92 Å². The van der Waals surface area contributed by atoms with Gasteiger partial charge in [-0.2, -0.15) is 9.97 Å². The molecule has 6 nitrogen and oxygen atoms in total. The van der Waals surface area contributed by atoms with Crippen LogP contribution in [0.2, 0.25) is 0 Å². The fourth-order valence-corrected chi connectivity index (χ4v) is 7.35. The first-order chi connectivity index (χ1) is 23.8. The number of fused-ring (bicyclic) bond motifs is 8. The van der Waals surface area contributed by atoms with E-state index in [1.165, 1.54) is 0 Å². The Morgan fingerprint density at radius 2 is 1.17 bits per heavy atom. The van der Waals surface area contributed by atoms with Crippen molar-refractivity contribution >= 4 is 44.6 Å². The highest BCUT2D eigenvalue weighted by molar-refractivity contribution is 6.09. The van der Waals surface area contributed by atoms with Crippen LogP contribution in [0.1, 0.15) is 23.1 Å². The van der Waals surface area contributed by atoms with E-state index in [0.29, 0.717) is 23.3 Å². The highest BCUT2D eigenvalue weighted by atomic mass is 16.3. The predicted molar refractivity (Wildman–Crippen MR) is 191 cm³/mol. The third-order valence-corrected chi connectivity index (χ3v) is 9.56. The monoisotopic (exact) mass is 617 g/mol. The molecular weight excluding hydrogens is 590 g/mol. The molecule has 8 aromatic rings. The molecule has 48 heavy (non-hydrogen) atoms. The van der Waals surface area contributed by atoms with Gasteiger partial charge in [-0.25, -0.2) is 9.97 Å². The molecule has 0 saturated heterocycles. The molecule has 0 radical (unpaired) electrons. The first-order valence-corrected chi connectivity index (χ1v) is 16.1. The Hall–Kier alpha value is -6.40. The van der Waals surface area contributed by atoms with Crippen LogP contribution in [-0.4, -0.2) is 24.5 Å². The van der Waals surface area contributed by atoms with E-state index < -0.39 is 0 Å². The standard InChI is InChI=1S/C42H27N5O/c1-2-11-26(12-3-1)27-20-22-28(23-21-27)39-44-40(46-42(45-39)47-35-18-8-6-14-30(35)31-15-7-9-19-36(31)47)34-25-37-38(32-16-5-4-13-29(32)34)33-17-10-24-43-41(33)48-37/h1-25,29,32H. The van der Waals surface area contributed by atoms with E-state index in [1.54, 1.807) is 6.20 Å². The van der Waals surface area contributed by atoms with Gasteiger partial charge in [0.1, 0.15) is 5.76 Å². The van der Waals surface area contributed by atoms with E-state index in [4.69, 9.17) is 19.4 Å². The maximum atomic E-state index is 6.36. The molecule has 4 aromatic carbocycles.